The van der Waals surface area contributed by atoms with Crippen molar-refractivity contribution in [1.82, 2.24) is 0 Å². The third kappa shape index (κ3) is 5.18. The summed E-state index contributed by atoms with van der Waals surface area (Å²) in [6, 6.07) is 5.25. The van der Waals surface area contributed by atoms with E-state index in [2.05, 4.69) is 5.32 Å². The van der Waals surface area contributed by atoms with Gasteiger partial charge in [-0.25, -0.2) is 0 Å². The molecule has 1 aromatic rings. The maximum atomic E-state index is 11.6. The molecule has 0 unspecified atom stereocenters. The number of halogens is 1. The molecule has 104 valence electrons. The number of amides is 1. The molecular formula is C13H17ClN2O3. The first-order valence-electron chi connectivity index (χ1n) is 5.88. The lowest BCUT2D eigenvalue weighted by Crippen LogP contribution is -2.13. The van der Waals surface area contributed by atoms with Gasteiger partial charge in [0, 0.05) is 32.6 Å². The van der Waals surface area contributed by atoms with E-state index in [1.54, 1.807) is 12.1 Å². The molecular weight excluding hydrogens is 268 g/mol. The van der Waals surface area contributed by atoms with Gasteiger partial charge in [-0.05, 0) is 24.6 Å². The van der Waals surface area contributed by atoms with Crippen molar-refractivity contribution in [2.45, 2.75) is 19.3 Å². The van der Waals surface area contributed by atoms with Gasteiger partial charge in [0.15, 0.2) is 0 Å². The smallest absolute Gasteiger partial charge is 0.303 e. The highest BCUT2D eigenvalue weighted by Gasteiger charge is 2.07. The summed E-state index contributed by atoms with van der Waals surface area (Å²) in [5.41, 5.74) is 1.47. The largest absolute Gasteiger partial charge is 0.481 e. The Balaban J connectivity index is 2.55. The van der Waals surface area contributed by atoms with Crippen LogP contribution in [0.15, 0.2) is 18.2 Å². The van der Waals surface area contributed by atoms with E-state index in [1.807, 2.05) is 25.1 Å². The third-order valence-electron chi connectivity index (χ3n) is 2.51. The molecule has 2 N–H and O–H groups in total. The number of rotatable bonds is 6. The van der Waals surface area contributed by atoms with Gasteiger partial charge in [0.1, 0.15) is 0 Å². The summed E-state index contributed by atoms with van der Waals surface area (Å²) in [6.07, 6.45) is 0.498. The Bertz CT molecular complexity index is 475. The van der Waals surface area contributed by atoms with Crippen LogP contribution in [0.4, 0.5) is 11.4 Å². The highest BCUT2D eigenvalue weighted by Crippen LogP contribution is 2.27. The van der Waals surface area contributed by atoms with Crippen molar-refractivity contribution in [2.24, 2.45) is 0 Å². The molecule has 5 nitrogen and oxygen atoms in total. The molecule has 1 amide bonds. The van der Waals surface area contributed by atoms with E-state index >= 15 is 0 Å². The van der Waals surface area contributed by atoms with Gasteiger partial charge in [0.05, 0.1) is 10.7 Å². The van der Waals surface area contributed by atoms with E-state index in [9.17, 15) is 9.59 Å². The molecule has 0 spiro atoms. The van der Waals surface area contributed by atoms with E-state index in [0.717, 1.165) is 5.69 Å². The molecule has 1 aromatic carbocycles. The number of nitrogens with one attached hydrogen (secondary N) is 1. The van der Waals surface area contributed by atoms with E-state index in [0.29, 0.717) is 17.1 Å². The van der Waals surface area contributed by atoms with Crippen LogP contribution in [0.25, 0.3) is 0 Å². The van der Waals surface area contributed by atoms with E-state index in [-0.39, 0.29) is 18.7 Å². The molecule has 0 bridgehead atoms. The van der Waals surface area contributed by atoms with Crippen molar-refractivity contribution in [3.63, 3.8) is 0 Å². The predicted octanol–water partition coefficient (Wildman–Crippen LogP) is 2.60. The van der Waals surface area contributed by atoms with E-state index in [4.69, 9.17) is 16.7 Å². The monoisotopic (exact) mass is 284 g/mol. The lowest BCUT2D eigenvalue weighted by atomic mass is 10.2. The first kappa shape index (κ1) is 15.3. The summed E-state index contributed by atoms with van der Waals surface area (Å²) in [6.45, 7) is 0. The summed E-state index contributed by atoms with van der Waals surface area (Å²) < 4.78 is 0. The molecule has 0 heterocycles. The Hall–Kier alpha value is -1.75. The topological polar surface area (TPSA) is 69.6 Å². The zero-order valence-electron chi connectivity index (χ0n) is 10.9. The van der Waals surface area contributed by atoms with Crippen molar-refractivity contribution >= 4 is 34.9 Å². The Morgan fingerprint density at radius 3 is 2.53 bits per heavy atom. The highest BCUT2D eigenvalue weighted by molar-refractivity contribution is 6.33. The Morgan fingerprint density at radius 1 is 1.32 bits per heavy atom. The summed E-state index contributed by atoms with van der Waals surface area (Å²) in [4.78, 5) is 23.8. The number of nitrogens with zero attached hydrogens (tertiary/aromatic N) is 1. The number of carboxylic acids is 1. The second kappa shape index (κ2) is 6.99. The Morgan fingerprint density at radius 2 is 2.00 bits per heavy atom. The fourth-order valence-electron chi connectivity index (χ4n) is 1.57. The summed E-state index contributed by atoms with van der Waals surface area (Å²) >= 11 is 6.08. The van der Waals surface area contributed by atoms with Crippen LogP contribution < -0.4 is 10.2 Å². The van der Waals surface area contributed by atoms with Gasteiger partial charge >= 0.3 is 5.97 Å². The first-order valence-corrected chi connectivity index (χ1v) is 6.26. The third-order valence-corrected chi connectivity index (χ3v) is 2.81. The molecule has 0 aliphatic heterocycles. The number of hydrogen-bond donors (Lipinski definition) is 2. The lowest BCUT2D eigenvalue weighted by Gasteiger charge is -2.15. The van der Waals surface area contributed by atoms with Gasteiger partial charge in [0.2, 0.25) is 5.91 Å². The zero-order valence-corrected chi connectivity index (χ0v) is 11.7. The van der Waals surface area contributed by atoms with Crippen molar-refractivity contribution in [3.05, 3.63) is 23.2 Å². The molecule has 6 heteroatoms. The maximum absolute atomic E-state index is 11.6. The lowest BCUT2D eigenvalue weighted by molar-refractivity contribution is -0.137. The minimum atomic E-state index is -0.897. The fraction of sp³-hybridized carbons (Fsp3) is 0.385. The molecule has 0 radical (unpaired) electrons. The predicted molar refractivity (Wildman–Crippen MR) is 75.9 cm³/mol. The van der Waals surface area contributed by atoms with Gasteiger partial charge in [0.25, 0.3) is 0 Å². The molecule has 0 aliphatic carbocycles. The van der Waals surface area contributed by atoms with Gasteiger partial charge in [-0.15, -0.1) is 0 Å². The van der Waals surface area contributed by atoms with Gasteiger partial charge in [-0.2, -0.15) is 0 Å². The SMILES string of the molecule is CN(C)c1ccc(NC(=O)CCCC(=O)O)cc1Cl. The fourth-order valence-corrected chi connectivity index (χ4v) is 1.92. The zero-order chi connectivity index (χ0) is 14.4. The summed E-state index contributed by atoms with van der Waals surface area (Å²) in [5.74, 6) is -1.11. The quantitative estimate of drug-likeness (QED) is 0.842. The average molecular weight is 285 g/mol. The average Bonchev–Trinajstić information content (AvgIpc) is 2.27. The first-order chi connectivity index (χ1) is 8.90. The summed E-state index contributed by atoms with van der Waals surface area (Å²) in [7, 11) is 3.76. The van der Waals surface area contributed by atoms with Gasteiger partial charge in [-0.1, -0.05) is 11.6 Å². The van der Waals surface area contributed by atoms with Crippen molar-refractivity contribution in [1.29, 1.82) is 0 Å². The molecule has 0 aromatic heterocycles. The molecule has 19 heavy (non-hydrogen) atoms. The molecule has 1 rings (SSSR count). The van der Waals surface area contributed by atoms with Gasteiger partial charge < -0.3 is 15.3 Å². The number of anilines is 2. The summed E-state index contributed by atoms with van der Waals surface area (Å²) in [5, 5.41) is 11.7. The van der Waals surface area contributed by atoms with Crippen LogP contribution in [0.3, 0.4) is 0 Å². The van der Waals surface area contributed by atoms with Crippen LogP contribution in [0.5, 0.6) is 0 Å². The molecule has 0 fully saturated rings. The second-order valence-electron chi connectivity index (χ2n) is 4.36. The minimum absolute atomic E-state index is 0.00621. The van der Waals surface area contributed by atoms with Crippen LogP contribution in [-0.2, 0) is 9.59 Å². The normalized spacial score (nSPS) is 10.1. The second-order valence-corrected chi connectivity index (χ2v) is 4.76. The Kier molecular flexibility index (Phi) is 5.63. The van der Waals surface area contributed by atoms with Crippen LogP contribution in [0, 0.1) is 0 Å². The standard InChI is InChI=1S/C13H17ClN2O3/c1-16(2)11-7-6-9(8-10(11)14)15-12(17)4-3-5-13(18)19/h6-8H,3-5H2,1-2H3,(H,15,17)(H,18,19). The molecule has 0 saturated carbocycles. The molecule has 0 aliphatic rings. The van der Waals surface area contributed by atoms with Crippen molar-refractivity contribution < 1.29 is 14.7 Å². The van der Waals surface area contributed by atoms with Crippen LogP contribution >= 0.6 is 11.6 Å². The van der Waals surface area contributed by atoms with Gasteiger partial charge in [-0.3, -0.25) is 9.59 Å². The number of hydrogen-bond acceptors (Lipinski definition) is 3. The Labute approximate surface area is 117 Å². The van der Waals surface area contributed by atoms with Crippen LogP contribution in [0.2, 0.25) is 5.02 Å². The molecule has 0 atom stereocenters. The van der Waals surface area contributed by atoms with Crippen molar-refractivity contribution in [2.75, 3.05) is 24.3 Å². The number of carbonyl (C=O) groups excluding carboxylic acids is 1. The van der Waals surface area contributed by atoms with Crippen LogP contribution in [0.1, 0.15) is 19.3 Å². The van der Waals surface area contributed by atoms with Crippen LogP contribution in [-0.4, -0.2) is 31.1 Å². The number of benzene rings is 1. The highest BCUT2D eigenvalue weighted by atomic mass is 35.5. The number of carbonyl (C=O) groups is 2. The van der Waals surface area contributed by atoms with Crippen molar-refractivity contribution in [3.8, 4) is 0 Å². The number of aliphatic carboxylic acids is 1. The van der Waals surface area contributed by atoms with E-state index in [1.165, 1.54) is 0 Å². The molecule has 0 saturated heterocycles. The minimum Gasteiger partial charge on any atom is -0.481 e. The maximum Gasteiger partial charge on any atom is 0.303 e. The van der Waals surface area contributed by atoms with E-state index < -0.39 is 5.97 Å². The number of carboxylic acid groups (broad SMARTS) is 1.